The fourth-order valence-electron chi connectivity index (χ4n) is 1.03. The van der Waals surface area contributed by atoms with Crippen LogP contribution in [0.2, 0.25) is 0 Å². The van der Waals surface area contributed by atoms with Crippen molar-refractivity contribution in [3.05, 3.63) is 0 Å². The first-order chi connectivity index (χ1) is 7.24. The summed E-state index contributed by atoms with van der Waals surface area (Å²) in [6.45, 7) is 5.78. The van der Waals surface area contributed by atoms with Gasteiger partial charge in [-0.2, -0.15) is 0 Å². The van der Waals surface area contributed by atoms with E-state index in [9.17, 15) is 4.79 Å². The third-order valence-corrected chi connectivity index (χ3v) is 2.00. The lowest BCUT2D eigenvalue weighted by Crippen LogP contribution is -2.43. The molecule has 1 atom stereocenters. The van der Waals surface area contributed by atoms with E-state index in [2.05, 4.69) is 10.6 Å². The maximum atomic E-state index is 11.2. The average Bonchev–Trinajstić information content (AvgIpc) is 2.25. The molecule has 0 bridgehead atoms. The van der Waals surface area contributed by atoms with Crippen molar-refractivity contribution >= 4 is 6.03 Å². The highest BCUT2D eigenvalue weighted by molar-refractivity contribution is 5.74. The van der Waals surface area contributed by atoms with Gasteiger partial charge in [-0.05, 0) is 19.8 Å². The first kappa shape index (κ1) is 14.2. The molecule has 0 aliphatic heterocycles. The summed E-state index contributed by atoms with van der Waals surface area (Å²) in [6, 6.07) is -0.385. The molecule has 0 spiro atoms. The van der Waals surface area contributed by atoms with Gasteiger partial charge in [0.15, 0.2) is 0 Å². The van der Waals surface area contributed by atoms with Gasteiger partial charge in [-0.25, -0.2) is 4.79 Å². The molecule has 1 unspecified atom stereocenters. The van der Waals surface area contributed by atoms with Gasteiger partial charge < -0.3 is 20.5 Å². The Balaban J connectivity index is 3.40. The molecule has 0 aromatic rings. The molecule has 2 amide bonds. The predicted octanol–water partition coefficient (Wildman–Crippen LogP) is 0.483. The van der Waals surface area contributed by atoms with Crippen LogP contribution in [-0.4, -0.2) is 43.5 Å². The van der Waals surface area contributed by atoms with Gasteiger partial charge in [0.2, 0.25) is 0 Å². The number of rotatable bonds is 8. The number of aliphatic hydroxyl groups is 1. The van der Waals surface area contributed by atoms with Crippen LogP contribution in [0.4, 0.5) is 4.79 Å². The Morgan fingerprint density at radius 1 is 1.47 bits per heavy atom. The van der Waals surface area contributed by atoms with Gasteiger partial charge in [0.25, 0.3) is 0 Å². The molecule has 90 valence electrons. The number of hydrogen-bond donors (Lipinski definition) is 3. The first-order valence-electron chi connectivity index (χ1n) is 5.47. The molecule has 0 rings (SSSR count). The SMILES string of the molecule is CCOCCCNC(=O)NC(CC)CO. The molecule has 0 saturated carbocycles. The largest absolute Gasteiger partial charge is 0.394 e. The number of carbonyl (C=O) groups is 1. The third-order valence-electron chi connectivity index (χ3n) is 2.00. The third kappa shape index (κ3) is 8.20. The summed E-state index contributed by atoms with van der Waals surface area (Å²) in [6.07, 6.45) is 1.53. The fourth-order valence-corrected chi connectivity index (χ4v) is 1.03. The predicted molar refractivity (Wildman–Crippen MR) is 58.8 cm³/mol. The normalized spacial score (nSPS) is 12.2. The van der Waals surface area contributed by atoms with Crippen molar-refractivity contribution in [3.8, 4) is 0 Å². The van der Waals surface area contributed by atoms with Crippen LogP contribution in [0.3, 0.4) is 0 Å². The summed E-state index contributed by atoms with van der Waals surface area (Å²) in [4.78, 5) is 11.2. The molecule has 15 heavy (non-hydrogen) atoms. The van der Waals surface area contributed by atoms with Gasteiger partial charge in [-0.3, -0.25) is 0 Å². The zero-order valence-corrected chi connectivity index (χ0v) is 9.58. The minimum Gasteiger partial charge on any atom is -0.394 e. The molecule has 0 fully saturated rings. The van der Waals surface area contributed by atoms with E-state index in [1.165, 1.54) is 0 Å². The van der Waals surface area contributed by atoms with Crippen molar-refractivity contribution in [2.45, 2.75) is 32.7 Å². The topological polar surface area (TPSA) is 70.6 Å². The number of urea groups is 1. The number of ether oxygens (including phenoxy) is 1. The molecule has 3 N–H and O–H groups in total. The lowest BCUT2D eigenvalue weighted by molar-refractivity contribution is 0.145. The second-order valence-electron chi connectivity index (χ2n) is 3.24. The standard InChI is InChI=1S/C10H22N2O3/c1-3-9(8-13)12-10(14)11-6-5-7-15-4-2/h9,13H,3-8H2,1-2H3,(H2,11,12,14). The van der Waals surface area contributed by atoms with Crippen molar-refractivity contribution in [1.82, 2.24) is 10.6 Å². The maximum absolute atomic E-state index is 11.2. The van der Waals surface area contributed by atoms with Crippen molar-refractivity contribution in [2.75, 3.05) is 26.4 Å². The van der Waals surface area contributed by atoms with Crippen LogP contribution < -0.4 is 10.6 Å². The van der Waals surface area contributed by atoms with E-state index in [0.717, 1.165) is 12.8 Å². The van der Waals surface area contributed by atoms with E-state index in [1.54, 1.807) is 0 Å². The van der Waals surface area contributed by atoms with Crippen LogP contribution in [0.1, 0.15) is 26.7 Å². The summed E-state index contributed by atoms with van der Waals surface area (Å²) in [5.41, 5.74) is 0. The van der Waals surface area contributed by atoms with Crippen molar-refractivity contribution in [2.24, 2.45) is 0 Å². The van der Waals surface area contributed by atoms with Crippen LogP contribution in [-0.2, 0) is 4.74 Å². The van der Waals surface area contributed by atoms with Gasteiger partial charge >= 0.3 is 6.03 Å². The summed E-state index contributed by atoms with van der Waals surface area (Å²) in [7, 11) is 0. The Morgan fingerprint density at radius 2 is 2.20 bits per heavy atom. The van der Waals surface area contributed by atoms with E-state index in [-0.39, 0.29) is 18.7 Å². The van der Waals surface area contributed by atoms with Crippen molar-refractivity contribution in [1.29, 1.82) is 0 Å². The average molecular weight is 218 g/mol. The lowest BCUT2D eigenvalue weighted by atomic mass is 10.2. The Labute approximate surface area is 91.2 Å². The Kier molecular flexibility index (Phi) is 9.21. The number of aliphatic hydroxyl groups excluding tert-OH is 1. The Bertz CT molecular complexity index is 161. The molecular weight excluding hydrogens is 196 g/mol. The van der Waals surface area contributed by atoms with Crippen LogP contribution in [0.5, 0.6) is 0 Å². The zero-order valence-electron chi connectivity index (χ0n) is 9.58. The minimum absolute atomic E-state index is 0.0249. The molecule has 0 saturated heterocycles. The van der Waals surface area contributed by atoms with Gasteiger partial charge in [0.05, 0.1) is 12.6 Å². The van der Waals surface area contributed by atoms with E-state index >= 15 is 0 Å². The first-order valence-corrected chi connectivity index (χ1v) is 5.47. The second kappa shape index (κ2) is 9.73. The molecule has 0 aromatic carbocycles. The van der Waals surface area contributed by atoms with Crippen molar-refractivity contribution in [3.63, 3.8) is 0 Å². The molecule has 0 aromatic heterocycles. The molecule has 5 heteroatoms. The molecule has 0 aliphatic carbocycles. The molecule has 0 radical (unpaired) electrons. The van der Waals surface area contributed by atoms with Crippen molar-refractivity contribution < 1.29 is 14.6 Å². The van der Waals surface area contributed by atoms with Gasteiger partial charge in [-0.15, -0.1) is 0 Å². The maximum Gasteiger partial charge on any atom is 0.315 e. The number of hydrogen-bond acceptors (Lipinski definition) is 3. The van der Waals surface area contributed by atoms with E-state index in [4.69, 9.17) is 9.84 Å². The molecular formula is C10H22N2O3. The smallest absolute Gasteiger partial charge is 0.315 e. The monoisotopic (exact) mass is 218 g/mol. The number of carbonyl (C=O) groups excluding carboxylic acids is 1. The zero-order chi connectivity index (χ0) is 11.5. The molecule has 0 heterocycles. The van der Waals surface area contributed by atoms with Gasteiger partial charge in [0, 0.05) is 19.8 Å². The van der Waals surface area contributed by atoms with E-state index in [0.29, 0.717) is 19.8 Å². The van der Waals surface area contributed by atoms with Crippen LogP contribution >= 0.6 is 0 Å². The van der Waals surface area contributed by atoms with E-state index < -0.39 is 0 Å². The quantitative estimate of drug-likeness (QED) is 0.519. The molecule has 0 aliphatic rings. The minimum atomic E-state index is -0.229. The summed E-state index contributed by atoms with van der Waals surface area (Å²) >= 11 is 0. The highest BCUT2D eigenvalue weighted by Crippen LogP contribution is 1.88. The Morgan fingerprint density at radius 3 is 2.73 bits per heavy atom. The highest BCUT2D eigenvalue weighted by Gasteiger charge is 2.07. The van der Waals surface area contributed by atoms with Gasteiger partial charge in [-0.1, -0.05) is 6.92 Å². The highest BCUT2D eigenvalue weighted by atomic mass is 16.5. The summed E-state index contributed by atoms with van der Waals surface area (Å²) in [5.74, 6) is 0. The van der Waals surface area contributed by atoms with E-state index in [1.807, 2.05) is 13.8 Å². The summed E-state index contributed by atoms with van der Waals surface area (Å²) in [5, 5.41) is 14.2. The van der Waals surface area contributed by atoms with Gasteiger partial charge in [0.1, 0.15) is 0 Å². The molecule has 5 nitrogen and oxygen atoms in total. The van der Waals surface area contributed by atoms with Crippen LogP contribution in [0, 0.1) is 0 Å². The van der Waals surface area contributed by atoms with Crippen LogP contribution in [0.25, 0.3) is 0 Å². The lowest BCUT2D eigenvalue weighted by Gasteiger charge is -2.14. The number of nitrogens with one attached hydrogen (secondary N) is 2. The second-order valence-corrected chi connectivity index (χ2v) is 3.24. The fraction of sp³-hybridized carbons (Fsp3) is 0.900. The summed E-state index contributed by atoms with van der Waals surface area (Å²) < 4.78 is 5.13. The number of amides is 2. The Hall–Kier alpha value is -0.810. The van der Waals surface area contributed by atoms with Crippen LogP contribution in [0.15, 0.2) is 0 Å².